The molecule has 2 amide bonds. The molecule has 21 heavy (non-hydrogen) atoms. The second kappa shape index (κ2) is 5.40. The average Bonchev–Trinajstić information content (AvgIpc) is 2.49. The molecule has 0 fully saturated rings. The van der Waals surface area contributed by atoms with Gasteiger partial charge in [-0.15, -0.1) is 0 Å². The molecule has 0 saturated carbocycles. The third-order valence-corrected chi connectivity index (χ3v) is 3.63. The SMILES string of the molecule is Cc1ccc(NC(=O)C2Cc3ccccc3C(=O)N2)cc1. The van der Waals surface area contributed by atoms with Crippen molar-refractivity contribution < 1.29 is 9.59 Å². The van der Waals surface area contributed by atoms with Crippen LogP contribution in [0.25, 0.3) is 0 Å². The molecule has 1 atom stereocenters. The van der Waals surface area contributed by atoms with Crippen molar-refractivity contribution in [3.8, 4) is 0 Å². The second-order valence-electron chi connectivity index (χ2n) is 5.24. The molecule has 2 aromatic carbocycles. The van der Waals surface area contributed by atoms with Crippen LogP contribution in [0.3, 0.4) is 0 Å². The molecule has 1 heterocycles. The molecule has 2 N–H and O–H groups in total. The van der Waals surface area contributed by atoms with Crippen molar-refractivity contribution in [3.63, 3.8) is 0 Å². The molecule has 1 unspecified atom stereocenters. The number of carbonyl (C=O) groups is 2. The Labute approximate surface area is 123 Å². The van der Waals surface area contributed by atoms with Crippen LogP contribution in [0, 0.1) is 6.92 Å². The van der Waals surface area contributed by atoms with Crippen molar-refractivity contribution in [1.29, 1.82) is 0 Å². The average molecular weight is 280 g/mol. The maximum Gasteiger partial charge on any atom is 0.252 e. The molecule has 1 aliphatic heterocycles. The molecule has 3 rings (SSSR count). The number of aryl methyl sites for hydroxylation is 1. The number of carbonyl (C=O) groups excluding carboxylic acids is 2. The van der Waals surface area contributed by atoms with E-state index in [1.807, 2.05) is 49.4 Å². The zero-order valence-corrected chi connectivity index (χ0v) is 11.7. The van der Waals surface area contributed by atoms with E-state index in [2.05, 4.69) is 10.6 Å². The molecule has 4 heteroatoms. The molecule has 0 spiro atoms. The molecule has 0 radical (unpaired) electrons. The summed E-state index contributed by atoms with van der Waals surface area (Å²) in [5.41, 5.74) is 3.42. The van der Waals surface area contributed by atoms with Crippen LogP contribution in [0.1, 0.15) is 21.5 Å². The van der Waals surface area contributed by atoms with E-state index in [1.54, 1.807) is 6.07 Å². The summed E-state index contributed by atoms with van der Waals surface area (Å²) in [5, 5.41) is 5.59. The van der Waals surface area contributed by atoms with Crippen LogP contribution in [-0.2, 0) is 11.2 Å². The van der Waals surface area contributed by atoms with Gasteiger partial charge in [0.15, 0.2) is 0 Å². The van der Waals surface area contributed by atoms with Gasteiger partial charge in [0, 0.05) is 17.7 Å². The van der Waals surface area contributed by atoms with Gasteiger partial charge >= 0.3 is 0 Å². The van der Waals surface area contributed by atoms with E-state index >= 15 is 0 Å². The summed E-state index contributed by atoms with van der Waals surface area (Å²) in [4.78, 5) is 24.3. The number of nitrogens with one attached hydrogen (secondary N) is 2. The van der Waals surface area contributed by atoms with Crippen molar-refractivity contribution in [1.82, 2.24) is 5.32 Å². The van der Waals surface area contributed by atoms with Gasteiger partial charge in [0.05, 0.1) is 0 Å². The van der Waals surface area contributed by atoms with Crippen LogP contribution >= 0.6 is 0 Å². The minimum Gasteiger partial charge on any atom is -0.340 e. The fourth-order valence-corrected chi connectivity index (χ4v) is 2.45. The molecule has 106 valence electrons. The minimum atomic E-state index is -0.534. The van der Waals surface area contributed by atoms with Crippen molar-refractivity contribution in [2.24, 2.45) is 0 Å². The summed E-state index contributed by atoms with van der Waals surface area (Å²) in [6.45, 7) is 1.99. The van der Waals surface area contributed by atoms with E-state index in [0.29, 0.717) is 12.0 Å². The molecule has 4 nitrogen and oxygen atoms in total. The lowest BCUT2D eigenvalue weighted by Crippen LogP contribution is -2.48. The van der Waals surface area contributed by atoms with Crippen LogP contribution in [0.5, 0.6) is 0 Å². The van der Waals surface area contributed by atoms with E-state index in [9.17, 15) is 9.59 Å². The van der Waals surface area contributed by atoms with Gasteiger partial charge in [-0.25, -0.2) is 0 Å². The van der Waals surface area contributed by atoms with Crippen molar-refractivity contribution in [2.75, 3.05) is 5.32 Å². The van der Waals surface area contributed by atoms with Crippen LogP contribution < -0.4 is 10.6 Å². The molecule has 0 bridgehead atoms. The van der Waals surface area contributed by atoms with Crippen LogP contribution in [0.4, 0.5) is 5.69 Å². The summed E-state index contributed by atoms with van der Waals surface area (Å²) >= 11 is 0. The monoisotopic (exact) mass is 280 g/mol. The maximum atomic E-state index is 12.3. The lowest BCUT2D eigenvalue weighted by Gasteiger charge is -2.24. The first kappa shape index (κ1) is 13.4. The van der Waals surface area contributed by atoms with Gasteiger partial charge in [-0.3, -0.25) is 9.59 Å². The minimum absolute atomic E-state index is 0.193. The quantitative estimate of drug-likeness (QED) is 0.886. The smallest absolute Gasteiger partial charge is 0.252 e. The first-order valence-corrected chi connectivity index (χ1v) is 6.90. The van der Waals surface area contributed by atoms with E-state index < -0.39 is 6.04 Å². The van der Waals surface area contributed by atoms with E-state index in [1.165, 1.54) is 0 Å². The van der Waals surface area contributed by atoms with Gasteiger partial charge in [0.1, 0.15) is 6.04 Å². The Balaban J connectivity index is 1.75. The third-order valence-electron chi connectivity index (χ3n) is 3.63. The highest BCUT2D eigenvalue weighted by molar-refractivity contribution is 6.03. The van der Waals surface area contributed by atoms with Crippen LogP contribution in [0.15, 0.2) is 48.5 Å². The number of rotatable bonds is 2. The Bertz CT molecular complexity index is 692. The van der Waals surface area contributed by atoms with E-state index in [0.717, 1.165) is 16.8 Å². The second-order valence-corrected chi connectivity index (χ2v) is 5.24. The Morgan fingerprint density at radius 2 is 1.86 bits per heavy atom. The highest BCUT2D eigenvalue weighted by Crippen LogP contribution is 2.17. The number of amides is 2. The van der Waals surface area contributed by atoms with Crippen molar-refractivity contribution >= 4 is 17.5 Å². The predicted octanol–water partition coefficient (Wildman–Crippen LogP) is 2.29. The number of hydrogen-bond donors (Lipinski definition) is 2. The zero-order chi connectivity index (χ0) is 14.8. The molecule has 0 aliphatic carbocycles. The van der Waals surface area contributed by atoms with Gasteiger partial charge in [0.2, 0.25) is 5.91 Å². The van der Waals surface area contributed by atoms with Crippen LogP contribution in [-0.4, -0.2) is 17.9 Å². The highest BCUT2D eigenvalue weighted by atomic mass is 16.2. The van der Waals surface area contributed by atoms with Gasteiger partial charge in [-0.1, -0.05) is 35.9 Å². The number of benzene rings is 2. The van der Waals surface area contributed by atoms with Gasteiger partial charge in [-0.05, 0) is 30.7 Å². The predicted molar refractivity (Wildman–Crippen MR) is 81.2 cm³/mol. The number of fused-ring (bicyclic) bond motifs is 1. The normalized spacial score (nSPS) is 16.8. The topological polar surface area (TPSA) is 58.2 Å². The molecule has 0 aromatic heterocycles. The van der Waals surface area contributed by atoms with Gasteiger partial charge < -0.3 is 10.6 Å². The summed E-state index contributed by atoms with van der Waals surface area (Å²) in [6, 6.07) is 14.4. The summed E-state index contributed by atoms with van der Waals surface area (Å²) in [7, 11) is 0. The van der Waals surface area contributed by atoms with Crippen molar-refractivity contribution in [2.45, 2.75) is 19.4 Å². The summed E-state index contributed by atoms with van der Waals surface area (Å²) in [5.74, 6) is -0.386. The summed E-state index contributed by atoms with van der Waals surface area (Å²) < 4.78 is 0. The Morgan fingerprint density at radius 3 is 2.62 bits per heavy atom. The zero-order valence-electron chi connectivity index (χ0n) is 11.7. The van der Waals surface area contributed by atoms with Gasteiger partial charge in [0.25, 0.3) is 5.91 Å². The molecule has 0 saturated heterocycles. The maximum absolute atomic E-state index is 12.3. The lowest BCUT2D eigenvalue weighted by molar-refractivity contribution is -0.118. The van der Waals surface area contributed by atoms with Crippen molar-refractivity contribution in [3.05, 3.63) is 65.2 Å². The molecule has 2 aromatic rings. The first-order valence-electron chi connectivity index (χ1n) is 6.90. The summed E-state index contributed by atoms with van der Waals surface area (Å²) in [6.07, 6.45) is 0.514. The van der Waals surface area contributed by atoms with E-state index in [-0.39, 0.29) is 11.8 Å². The third kappa shape index (κ3) is 2.79. The lowest BCUT2D eigenvalue weighted by atomic mass is 9.95. The standard InChI is InChI=1S/C17H16N2O2/c1-11-6-8-13(9-7-11)18-17(21)15-10-12-4-2-3-5-14(12)16(20)19-15/h2-9,15H,10H2,1H3,(H,18,21)(H,19,20). The molecular weight excluding hydrogens is 264 g/mol. The molecular formula is C17H16N2O2. The number of hydrogen-bond acceptors (Lipinski definition) is 2. The Morgan fingerprint density at radius 1 is 1.14 bits per heavy atom. The Hall–Kier alpha value is -2.62. The van der Waals surface area contributed by atoms with E-state index in [4.69, 9.17) is 0 Å². The fourth-order valence-electron chi connectivity index (χ4n) is 2.45. The highest BCUT2D eigenvalue weighted by Gasteiger charge is 2.28. The fraction of sp³-hybridized carbons (Fsp3) is 0.176. The number of anilines is 1. The van der Waals surface area contributed by atoms with Gasteiger partial charge in [-0.2, -0.15) is 0 Å². The van der Waals surface area contributed by atoms with Crippen LogP contribution in [0.2, 0.25) is 0 Å². The largest absolute Gasteiger partial charge is 0.340 e. The first-order chi connectivity index (χ1) is 10.1. The molecule has 1 aliphatic rings. The Kier molecular flexibility index (Phi) is 3.44.